The van der Waals surface area contributed by atoms with Crippen molar-refractivity contribution in [3.05, 3.63) is 30.3 Å². The lowest BCUT2D eigenvalue weighted by Gasteiger charge is -2.40. The number of amides is 2. The van der Waals surface area contributed by atoms with Crippen LogP contribution in [0, 0.1) is 0 Å². The fourth-order valence-corrected chi connectivity index (χ4v) is 2.74. The zero-order valence-electron chi connectivity index (χ0n) is 13.2. The molecule has 1 heterocycles. The van der Waals surface area contributed by atoms with Crippen LogP contribution in [-0.4, -0.2) is 48.1 Å². The molecule has 0 aromatic heterocycles. The second-order valence-corrected chi connectivity index (χ2v) is 5.68. The predicted molar refractivity (Wildman–Crippen MR) is 80.3 cm³/mol. The van der Waals surface area contributed by atoms with Gasteiger partial charge in [-0.3, -0.25) is 9.59 Å². The lowest BCUT2D eigenvalue weighted by molar-refractivity contribution is -0.198. The number of hydrogen-bond acceptors (Lipinski definition) is 3. The molecule has 1 aromatic carbocycles. The van der Waals surface area contributed by atoms with Crippen molar-refractivity contribution in [3.8, 4) is 5.75 Å². The van der Waals surface area contributed by atoms with E-state index in [0.29, 0.717) is 5.75 Å². The highest BCUT2D eigenvalue weighted by molar-refractivity contribution is 5.79. The summed E-state index contributed by atoms with van der Waals surface area (Å²) in [4.78, 5) is 24.1. The zero-order valence-corrected chi connectivity index (χ0v) is 13.2. The van der Waals surface area contributed by atoms with E-state index in [0.717, 1.165) is 4.90 Å². The number of benzene rings is 1. The minimum atomic E-state index is -4.51. The third-order valence-electron chi connectivity index (χ3n) is 3.79. The summed E-state index contributed by atoms with van der Waals surface area (Å²) < 4.78 is 44.8. The molecule has 0 aliphatic carbocycles. The fourth-order valence-electron chi connectivity index (χ4n) is 2.74. The number of carbonyl (C=O) groups is 2. The molecule has 0 unspecified atom stereocenters. The van der Waals surface area contributed by atoms with Gasteiger partial charge in [0.15, 0.2) is 6.61 Å². The molecule has 1 aliphatic heterocycles. The first kappa shape index (κ1) is 18.1. The summed E-state index contributed by atoms with van der Waals surface area (Å²) in [6, 6.07) is 6.06. The number of alkyl halides is 3. The Morgan fingerprint density at radius 3 is 2.50 bits per heavy atom. The lowest BCUT2D eigenvalue weighted by Crippen LogP contribution is -2.59. The number of halogens is 3. The van der Waals surface area contributed by atoms with E-state index in [1.54, 1.807) is 30.3 Å². The Morgan fingerprint density at radius 2 is 1.92 bits per heavy atom. The van der Waals surface area contributed by atoms with Crippen LogP contribution in [0.3, 0.4) is 0 Å². The minimum Gasteiger partial charge on any atom is -0.484 e. The van der Waals surface area contributed by atoms with Gasteiger partial charge in [-0.05, 0) is 25.0 Å². The molecule has 0 spiro atoms. The fraction of sp³-hybridized carbons (Fsp3) is 0.500. The number of piperidine rings is 1. The quantitative estimate of drug-likeness (QED) is 0.910. The number of nitrogens with one attached hydrogen (secondary N) is 1. The first-order valence-corrected chi connectivity index (χ1v) is 7.58. The van der Waals surface area contributed by atoms with E-state index >= 15 is 0 Å². The summed E-state index contributed by atoms with van der Waals surface area (Å²) in [7, 11) is 0. The van der Waals surface area contributed by atoms with Gasteiger partial charge in [-0.1, -0.05) is 18.2 Å². The molecule has 1 saturated heterocycles. The van der Waals surface area contributed by atoms with Crippen LogP contribution in [0.1, 0.15) is 19.8 Å². The van der Waals surface area contributed by atoms with E-state index in [1.807, 2.05) is 0 Å². The third kappa shape index (κ3) is 4.87. The Morgan fingerprint density at radius 1 is 1.25 bits per heavy atom. The molecule has 2 amide bonds. The van der Waals surface area contributed by atoms with E-state index in [2.05, 4.69) is 5.32 Å². The zero-order chi connectivity index (χ0) is 17.7. The number of ether oxygens (including phenoxy) is 1. The highest BCUT2D eigenvalue weighted by Gasteiger charge is 2.48. The smallest absolute Gasteiger partial charge is 0.408 e. The first-order valence-electron chi connectivity index (χ1n) is 7.58. The van der Waals surface area contributed by atoms with Gasteiger partial charge >= 0.3 is 6.18 Å². The summed E-state index contributed by atoms with van der Waals surface area (Å²) in [6.45, 7) is 0.630. The largest absolute Gasteiger partial charge is 0.484 e. The van der Waals surface area contributed by atoms with Crippen molar-refractivity contribution in [1.82, 2.24) is 10.2 Å². The van der Waals surface area contributed by atoms with Crippen LogP contribution < -0.4 is 10.1 Å². The average molecular weight is 344 g/mol. The number of para-hydroxylation sites is 1. The van der Waals surface area contributed by atoms with Crippen molar-refractivity contribution in [2.24, 2.45) is 0 Å². The lowest BCUT2D eigenvalue weighted by atomic mass is 9.97. The van der Waals surface area contributed by atoms with Gasteiger partial charge < -0.3 is 15.0 Å². The normalized spacial score (nSPS) is 21.2. The Kier molecular flexibility index (Phi) is 5.69. The maximum absolute atomic E-state index is 13.2. The summed E-state index contributed by atoms with van der Waals surface area (Å²) in [5.74, 6) is -0.681. The van der Waals surface area contributed by atoms with E-state index in [4.69, 9.17) is 4.74 Å². The van der Waals surface area contributed by atoms with Crippen molar-refractivity contribution < 1.29 is 27.5 Å². The molecule has 1 aromatic rings. The van der Waals surface area contributed by atoms with Gasteiger partial charge in [0.25, 0.3) is 5.91 Å². The number of rotatable bonds is 4. The van der Waals surface area contributed by atoms with Gasteiger partial charge in [0.1, 0.15) is 11.8 Å². The Hall–Kier alpha value is -2.25. The summed E-state index contributed by atoms with van der Waals surface area (Å²) in [5, 5.41) is 2.57. The summed E-state index contributed by atoms with van der Waals surface area (Å²) in [5.41, 5.74) is 0. The van der Waals surface area contributed by atoms with Gasteiger partial charge in [-0.15, -0.1) is 0 Å². The SMILES string of the molecule is CC(=O)N[C@@H]1CC[C@@H](C(F)(F)F)N(C(=O)COc2ccccc2)C1. The molecule has 5 nitrogen and oxygen atoms in total. The van der Waals surface area contributed by atoms with E-state index < -0.39 is 30.8 Å². The standard InChI is InChI=1S/C16H19F3N2O3/c1-11(22)20-12-7-8-14(16(17,18)19)21(9-12)15(23)10-24-13-5-3-2-4-6-13/h2-6,12,14H,7-10H2,1H3,(H,20,22)/t12-,14+/m1/s1. The van der Waals surface area contributed by atoms with Crippen molar-refractivity contribution in [1.29, 1.82) is 0 Å². The molecular weight excluding hydrogens is 325 g/mol. The van der Waals surface area contributed by atoms with Crippen LogP contribution >= 0.6 is 0 Å². The molecule has 2 rings (SSSR count). The highest BCUT2D eigenvalue weighted by atomic mass is 19.4. The van der Waals surface area contributed by atoms with Crippen LogP contribution in [0.4, 0.5) is 13.2 Å². The molecular formula is C16H19F3N2O3. The van der Waals surface area contributed by atoms with Gasteiger partial charge in [0, 0.05) is 19.5 Å². The number of carbonyl (C=O) groups excluding carboxylic acids is 2. The van der Waals surface area contributed by atoms with E-state index in [9.17, 15) is 22.8 Å². The molecule has 1 aliphatic rings. The summed E-state index contributed by atoms with van der Waals surface area (Å²) >= 11 is 0. The summed E-state index contributed by atoms with van der Waals surface area (Å²) in [6.07, 6.45) is -4.58. The second kappa shape index (κ2) is 7.55. The Bertz CT molecular complexity index is 578. The van der Waals surface area contributed by atoms with Gasteiger partial charge in [-0.2, -0.15) is 13.2 Å². The first-order chi connectivity index (χ1) is 11.3. The molecule has 1 N–H and O–H groups in total. The highest BCUT2D eigenvalue weighted by Crippen LogP contribution is 2.32. The molecule has 1 fully saturated rings. The van der Waals surface area contributed by atoms with Crippen molar-refractivity contribution in [2.45, 2.75) is 38.0 Å². The number of likely N-dealkylation sites (tertiary alicyclic amines) is 1. The van der Waals surface area contributed by atoms with Crippen molar-refractivity contribution in [2.75, 3.05) is 13.2 Å². The Labute approximate surface area is 137 Å². The molecule has 24 heavy (non-hydrogen) atoms. The molecule has 8 heteroatoms. The third-order valence-corrected chi connectivity index (χ3v) is 3.79. The van der Waals surface area contributed by atoms with Gasteiger partial charge in [0.2, 0.25) is 5.91 Å². The topological polar surface area (TPSA) is 58.6 Å². The molecule has 132 valence electrons. The van der Waals surface area contributed by atoms with E-state index in [-0.39, 0.29) is 25.3 Å². The van der Waals surface area contributed by atoms with Crippen LogP contribution in [0.5, 0.6) is 5.75 Å². The maximum atomic E-state index is 13.2. The minimum absolute atomic E-state index is 0.174. The monoisotopic (exact) mass is 344 g/mol. The van der Waals surface area contributed by atoms with Gasteiger partial charge in [-0.25, -0.2) is 0 Å². The average Bonchev–Trinajstić information content (AvgIpc) is 2.52. The number of hydrogen-bond donors (Lipinski definition) is 1. The molecule has 0 saturated carbocycles. The predicted octanol–water partition coefficient (Wildman–Crippen LogP) is 2.12. The Balaban J connectivity index is 2.04. The van der Waals surface area contributed by atoms with Crippen LogP contribution in [0.2, 0.25) is 0 Å². The molecule has 0 bridgehead atoms. The second-order valence-electron chi connectivity index (χ2n) is 5.68. The van der Waals surface area contributed by atoms with Crippen LogP contribution in [-0.2, 0) is 9.59 Å². The van der Waals surface area contributed by atoms with Crippen molar-refractivity contribution >= 4 is 11.8 Å². The molecule has 0 radical (unpaired) electrons. The van der Waals surface area contributed by atoms with Crippen LogP contribution in [0.25, 0.3) is 0 Å². The van der Waals surface area contributed by atoms with Crippen molar-refractivity contribution in [3.63, 3.8) is 0 Å². The van der Waals surface area contributed by atoms with E-state index in [1.165, 1.54) is 6.92 Å². The van der Waals surface area contributed by atoms with Crippen LogP contribution in [0.15, 0.2) is 30.3 Å². The van der Waals surface area contributed by atoms with Gasteiger partial charge in [0.05, 0.1) is 0 Å². The number of nitrogens with zero attached hydrogens (tertiary/aromatic N) is 1. The maximum Gasteiger partial charge on any atom is 0.408 e. The molecule has 2 atom stereocenters.